The highest BCUT2D eigenvalue weighted by Gasteiger charge is 2.43. The standard InChI is InChI=1S/C16H29F3N2/c1-14(2)9-13(10-15(3,4)21-14)20-12-7-5-6-11(8-12)16(17,18)19/h11-13,20-21H,5-10H2,1-4H3. The molecule has 1 saturated carbocycles. The third-order valence-corrected chi connectivity index (χ3v) is 4.80. The van der Waals surface area contributed by atoms with Crippen LogP contribution < -0.4 is 10.6 Å². The summed E-state index contributed by atoms with van der Waals surface area (Å²) in [4.78, 5) is 0. The van der Waals surface area contributed by atoms with Crippen LogP contribution in [0.15, 0.2) is 0 Å². The van der Waals surface area contributed by atoms with Crippen molar-refractivity contribution in [2.24, 2.45) is 5.92 Å². The molecular weight excluding hydrogens is 277 g/mol. The molecule has 0 aromatic heterocycles. The van der Waals surface area contributed by atoms with Crippen molar-refractivity contribution < 1.29 is 13.2 Å². The van der Waals surface area contributed by atoms with Gasteiger partial charge in [-0.1, -0.05) is 6.42 Å². The normalized spacial score (nSPS) is 33.9. The largest absolute Gasteiger partial charge is 0.391 e. The molecule has 0 amide bonds. The molecule has 2 N–H and O–H groups in total. The van der Waals surface area contributed by atoms with Gasteiger partial charge in [-0.3, -0.25) is 0 Å². The first-order valence-corrected chi connectivity index (χ1v) is 8.09. The maximum absolute atomic E-state index is 12.9. The zero-order chi connectivity index (χ0) is 15.9. The van der Waals surface area contributed by atoms with Crippen molar-refractivity contribution in [3.63, 3.8) is 0 Å². The predicted octanol–water partition coefficient (Wildman–Crippen LogP) is 4.01. The summed E-state index contributed by atoms with van der Waals surface area (Å²) >= 11 is 0. The highest BCUT2D eigenvalue weighted by molar-refractivity contribution is 5.00. The fraction of sp³-hybridized carbons (Fsp3) is 1.00. The Hall–Kier alpha value is -0.290. The third kappa shape index (κ3) is 4.85. The second-order valence-corrected chi connectivity index (χ2v) is 8.27. The number of halogens is 3. The van der Waals surface area contributed by atoms with E-state index in [1.165, 1.54) is 0 Å². The smallest absolute Gasteiger partial charge is 0.311 e. The summed E-state index contributed by atoms with van der Waals surface area (Å²) in [6.45, 7) is 8.67. The topological polar surface area (TPSA) is 24.1 Å². The Morgan fingerprint density at radius 2 is 1.52 bits per heavy atom. The van der Waals surface area contributed by atoms with Crippen LogP contribution in [0.5, 0.6) is 0 Å². The average molecular weight is 306 g/mol. The summed E-state index contributed by atoms with van der Waals surface area (Å²) in [5.74, 6) is -1.12. The van der Waals surface area contributed by atoms with Crippen LogP contribution in [-0.2, 0) is 0 Å². The third-order valence-electron chi connectivity index (χ3n) is 4.80. The molecule has 0 aromatic carbocycles. The van der Waals surface area contributed by atoms with Crippen LogP contribution in [0.2, 0.25) is 0 Å². The molecule has 2 atom stereocenters. The molecule has 0 radical (unpaired) electrons. The Labute approximate surface area is 126 Å². The van der Waals surface area contributed by atoms with Gasteiger partial charge in [0.05, 0.1) is 5.92 Å². The van der Waals surface area contributed by atoms with Gasteiger partial charge in [0.2, 0.25) is 0 Å². The van der Waals surface area contributed by atoms with E-state index >= 15 is 0 Å². The van der Waals surface area contributed by atoms with Crippen molar-refractivity contribution in [3.8, 4) is 0 Å². The van der Waals surface area contributed by atoms with Crippen molar-refractivity contribution in [2.75, 3.05) is 0 Å². The monoisotopic (exact) mass is 306 g/mol. The van der Waals surface area contributed by atoms with E-state index in [1.807, 2.05) is 0 Å². The van der Waals surface area contributed by atoms with Crippen molar-refractivity contribution in [2.45, 2.75) is 95.6 Å². The molecule has 2 nitrogen and oxygen atoms in total. The Kier molecular flexibility index (Phi) is 4.66. The van der Waals surface area contributed by atoms with Crippen LogP contribution in [0.25, 0.3) is 0 Å². The molecule has 0 bridgehead atoms. The molecule has 2 rings (SSSR count). The number of nitrogens with one attached hydrogen (secondary N) is 2. The van der Waals surface area contributed by atoms with Gasteiger partial charge in [-0.15, -0.1) is 0 Å². The van der Waals surface area contributed by atoms with E-state index in [0.29, 0.717) is 18.9 Å². The first kappa shape index (κ1) is 17.1. The van der Waals surface area contributed by atoms with Crippen LogP contribution in [0.3, 0.4) is 0 Å². The number of alkyl halides is 3. The van der Waals surface area contributed by atoms with Gasteiger partial charge in [0.15, 0.2) is 0 Å². The molecule has 5 heteroatoms. The Morgan fingerprint density at radius 3 is 2.05 bits per heavy atom. The van der Waals surface area contributed by atoms with E-state index in [9.17, 15) is 13.2 Å². The van der Waals surface area contributed by atoms with E-state index in [2.05, 4.69) is 38.3 Å². The second-order valence-electron chi connectivity index (χ2n) is 8.27. The SMILES string of the molecule is CC1(C)CC(NC2CCCC(C(F)(F)F)C2)CC(C)(C)N1. The summed E-state index contributed by atoms with van der Waals surface area (Å²) < 4.78 is 38.7. The minimum atomic E-state index is -4.03. The van der Waals surface area contributed by atoms with Crippen LogP contribution in [-0.4, -0.2) is 29.3 Å². The predicted molar refractivity (Wildman–Crippen MR) is 79.3 cm³/mol. The lowest BCUT2D eigenvalue weighted by molar-refractivity contribution is -0.184. The fourth-order valence-electron chi connectivity index (χ4n) is 4.41. The van der Waals surface area contributed by atoms with Gasteiger partial charge >= 0.3 is 6.18 Å². The van der Waals surface area contributed by atoms with Crippen molar-refractivity contribution >= 4 is 0 Å². The van der Waals surface area contributed by atoms with Gasteiger partial charge in [-0.2, -0.15) is 13.2 Å². The van der Waals surface area contributed by atoms with Gasteiger partial charge in [0.25, 0.3) is 0 Å². The van der Waals surface area contributed by atoms with Gasteiger partial charge in [0.1, 0.15) is 0 Å². The zero-order valence-corrected chi connectivity index (χ0v) is 13.6. The summed E-state index contributed by atoms with van der Waals surface area (Å²) in [6.07, 6.45) is -0.0175. The average Bonchev–Trinajstić information content (AvgIpc) is 2.23. The van der Waals surface area contributed by atoms with Crippen LogP contribution >= 0.6 is 0 Å². The highest BCUT2D eigenvalue weighted by Crippen LogP contribution is 2.38. The maximum Gasteiger partial charge on any atom is 0.391 e. The Bertz CT molecular complexity index is 347. The van der Waals surface area contributed by atoms with Crippen LogP contribution in [0.4, 0.5) is 13.2 Å². The van der Waals surface area contributed by atoms with E-state index < -0.39 is 12.1 Å². The number of hydrogen-bond donors (Lipinski definition) is 2. The van der Waals surface area contributed by atoms with E-state index in [4.69, 9.17) is 0 Å². The van der Waals surface area contributed by atoms with Crippen LogP contribution in [0, 0.1) is 5.92 Å². The fourth-order valence-corrected chi connectivity index (χ4v) is 4.41. The lowest BCUT2D eigenvalue weighted by Gasteiger charge is -2.48. The minimum absolute atomic E-state index is 0.0140. The summed E-state index contributed by atoms with van der Waals surface area (Å²) in [6, 6.07) is 0.313. The minimum Gasteiger partial charge on any atom is -0.311 e. The molecule has 0 aromatic rings. The van der Waals surface area contributed by atoms with Crippen molar-refractivity contribution in [3.05, 3.63) is 0 Å². The summed E-state index contributed by atoms with van der Waals surface area (Å²) in [5.41, 5.74) is 0.0506. The molecule has 1 saturated heterocycles. The Balaban J connectivity index is 1.95. The van der Waals surface area contributed by atoms with Crippen molar-refractivity contribution in [1.29, 1.82) is 0 Å². The highest BCUT2D eigenvalue weighted by atomic mass is 19.4. The second kappa shape index (κ2) is 5.73. The number of rotatable bonds is 2. The molecule has 124 valence electrons. The lowest BCUT2D eigenvalue weighted by Crippen LogP contribution is -2.62. The van der Waals surface area contributed by atoms with Crippen LogP contribution in [0.1, 0.15) is 66.2 Å². The molecule has 1 heterocycles. The first-order chi connectivity index (χ1) is 9.47. The molecular formula is C16H29F3N2. The molecule has 0 spiro atoms. The molecule has 1 aliphatic carbocycles. The summed E-state index contributed by atoms with van der Waals surface area (Å²) in [7, 11) is 0. The lowest BCUT2D eigenvalue weighted by atomic mass is 9.78. The zero-order valence-electron chi connectivity index (χ0n) is 13.6. The van der Waals surface area contributed by atoms with E-state index in [0.717, 1.165) is 19.3 Å². The summed E-state index contributed by atoms with van der Waals surface area (Å²) in [5, 5.41) is 7.14. The van der Waals surface area contributed by atoms with Gasteiger partial charge < -0.3 is 10.6 Å². The molecule has 2 fully saturated rings. The molecule has 2 unspecified atom stereocenters. The maximum atomic E-state index is 12.9. The van der Waals surface area contributed by atoms with E-state index in [1.54, 1.807) is 0 Å². The Morgan fingerprint density at radius 1 is 0.952 bits per heavy atom. The van der Waals surface area contributed by atoms with E-state index in [-0.39, 0.29) is 23.5 Å². The number of piperidine rings is 1. The quantitative estimate of drug-likeness (QED) is 0.805. The number of hydrogen-bond acceptors (Lipinski definition) is 2. The first-order valence-electron chi connectivity index (χ1n) is 8.09. The molecule has 1 aliphatic heterocycles. The van der Waals surface area contributed by atoms with Crippen molar-refractivity contribution in [1.82, 2.24) is 10.6 Å². The van der Waals surface area contributed by atoms with Gasteiger partial charge in [-0.25, -0.2) is 0 Å². The van der Waals surface area contributed by atoms with Gasteiger partial charge in [-0.05, 0) is 59.8 Å². The molecule has 2 aliphatic rings. The molecule has 21 heavy (non-hydrogen) atoms. The van der Waals surface area contributed by atoms with Gasteiger partial charge in [0, 0.05) is 23.2 Å².